The Labute approximate surface area is 177 Å². The van der Waals surface area contributed by atoms with Crippen LogP contribution in [0.1, 0.15) is 13.3 Å². The molecule has 0 atom stereocenters. The first-order chi connectivity index (χ1) is 14.1. The highest BCUT2D eigenvalue weighted by Crippen LogP contribution is 2.31. The smallest absolute Gasteiger partial charge is 0.394 e. The van der Waals surface area contributed by atoms with Crippen LogP contribution in [0.4, 0.5) is 11.5 Å². The van der Waals surface area contributed by atoms with Crippen molar-refractivity contribution in [3.63, 3.8) is 0 Å². The third kappa shape index (κ3) is 13.1. The number of rotatable bonds is 5. The molecule has 0 aliphatic rings. The van der Waals surface area contributed by atoms with E-state index < -0.39 is 26.4 Å². The average molecular weight is 486 g/mol. The van der Waals surface area contributed by atoms with E-state index in [-0.39, 0.29) is 17.3 Å². The van der Waals surface area contributed by atoms with Gasteiger partial charge in [-0.2, -0.15) is 16.8 Å². The molecule has 9 N–H and O–H groups in total. The molecule has 0 aliphatic heterocycles. The minimum absolute atomic E-state index is 0.0157. The van der Waals surface area contributed by atoms with Crippen LogP contribution in [-0.4, -0.2) is 58.7 Å². The van der Waals surface area contributed by atoms with Gasteiger partial charge in [0.2, 0.25) is 0 Å². The van der Waals surface area contributed by atoms with Crippen LogP contribution in [0.2, 0.25) is 0 Å². The van der Waals surface area contributed by atoms with Crippen LogP contribution in [-0.2, 0) is 20.8 Å². The molecule has 0 saturated carbocycles. The Morgan fingerprint density at radius 3 is 2.00 bits per heavy atom. The number of nitrogen functional groups attached to an aromatic ring is 2. The van der Waals surface area contributed by atoms with Gasteiger partial charge in [0.05, 0.1) is 19.3 Å². The Kier molecular flexibility index (Phi) is 10.9. The average Bonchev–Trinajstić information content (AvgIpc) is 2.61. The van der Waals surface area contributed by atoms with Gasteiger partial charge < -0.3 is 25.9 Å². The molecule has 1 aromatic heterocycles. The van der Waals surface area contributed by atoms with Crippen molar-refractivity contribution in [2.45, 2.75) is 13.3 Å². The number of anilines is 2. The standard InChI is InChI=1S/C14H18N4O3.2H2O4S/c1-3-6-21-10-5-4-8(20-2)7-9(10)13-17-12(16)11(15)14(19)18-13;2*1-5(2,3)4/h4-5,7H,3,6,15H2,1-2H3,(H3,16,17,18,19);2*(H2,1,2,3,4). The van der Waals surface area contributed by atoms with Gasteiger partial charge in [-0.15, -0.1) is 0 Å². The summed E-state index contributed by atoms with van der Waals surface area (Å²) in [4.78, 5) is 18.4. The molecule has 0 amide bonds. The second kappa shape index (κ2) is 12.0. The van der Waals surface area contributed by atoms with Gasteiger partial charge in [0.25, 0.3) is 5.56 Å². The molecule has 0 saturated heterocycles. The minimum atomic E-state index is -4.67. The topological polar surface area (TPSA) is 265 Å². The number of nitrogens with one attached hydrogen (secondary N) is 1. The lowest BCUT2D eigenvalue weighted by Crippen LogP contribution is -2.17. The molecule has 0 spiro atoms. The third-order valence-corrected chi connectivity index (χ3v) is 2.89. The molecule has 0 fully saturated rings. The number of hydrogen-bond donors (Lipinski definition) is 7. The van der Waals surface area contributed by atoms with E-state index in [4.69, 9.17) is 56.0 Å². The SMILES string of the molecule is CCCOc1ccc(OC)cc1-c1nc(N)c(N)c(=O)[nH]1.O=S(=O)(O)O.O=S(=O)(O)O. The van der Waals surface area contributed by atoms with Crippen LogP contribution in [0, 0.1) is 0 Å². The molecule has 1 aromatic carbocycles. The van der Waals surface area contributed by atoms with Crippen molar-refractivity contribution in [2.75, 3.05) is 25.2 Å². The van der Waals surface area contributed by atoms with Crippen molar-refractivity contribution in [1.82, 2.24) is 9.97 Å². The Hall–Kier alpha value is -2.96. The minimum Gasteiger partial charge on any atom is -0.497 e. The zero-order valence-electron chi connectivity index (χ0n) is 16.2. The Morgan fingerprint density at radius 1 is 1.06 bits per heavy atom. The lowest BCUT2D eigenvalue weighted by molar-refractivity contribution is 0.317. The maximum Gasteiger partial charge on any atom is 0.394 e. The third-order valence-electron chi connectivity index (χ3n) is 2.89. The number of aromatic amines is 1. The fraction of sp³-hybridized carbons (Fsp3) is 0.286. The van der Waals surface area contributed by atoms with Gasteiger partial charge >= 0.3 is 20.8 Å². The van der Waals surface area contributed by atoms with Crippen molar-refractivity contribution >= 4 is 32.3 Å². The maximum absolute atomic E-state index is 11.7. The highest BCUT2D eigenvalue weighted by molar-refractivity contribution is 7.80. The van der Waals surface area contributed by atoms with Crippen LogP contribution in [0.5, 0.6) is 11.5 Å². The quantitative estimate of drug-likeness (QED) is 0.276. The molecule has 31 heavy (non-hydrogen) atoms. The number of benzene rings is 1. The second-order valence-corrected chi connectivity index (χ2v) is 7.11. The van der Waals surface area contributed by atoms with Crippen LogP contribution in [0.25, 0.3) is 11.4 Å². The number of H-pyrrole nitrogens is 1. The number of ether oxygens (including phenoxy) is 2. The molecule has 2 rings (SSSR count). The number of hydrogen-bond acceptors (Lipinski definition) is 10. The van der Waals surface area contributed by atoms with E-state index in [1.807, 2.05) is 6.92 Å². The van der Waals surface area contributed by atoms with Crippen molar-refractivity contribution in [2.24, 2.45) is 0 Å². The molecule has 0 aliphatic carbocycles. The lowest BCUT2D eigenvalue weighted by Gasteiger charge is -2.12. The number of nitrogens with zero attached hydrogens (tertiary/aromatic N) is 1. The summed E-state index contributed by atoms with van der Waals surface area (Å²) in [5.41, 5.74) is 11.2. The van der Waals surface area contributed by atoms with E-state index >= 15 is 0 Å². The van der Waals surface area contributed by atoms with E-state index in [0.717, 1.165) is 6.42 Å². The molecular weight excluding hydrogens is 464 g/mol. The highest BCUT2D eigenvalue weighted by Gasteiger charge is 2.13. The molecule has 176 valence electrons. The molecular formula is C14H22N4O11S2. The first-order valence-electron chi connectivity index (χ1n) is 7.93. The van der Waals surface area contributed by atoms with Gasteiger partial charge in [-0.05, 0) is 24.6 Å². The summed E-state index contributed by atoms with van der Waals surface area (Å²) in [7, 11) is -7.78. The van der Waals surface area contributed by atoms with Crippen molar-refractivity contribution < 1.29 is 44.5 Å². The second-order valence-electron chi connectivity index (χ2n) is 5.32. The summed E-state index contributed by atoms with van der Waals surface area (Å²) >= 11 is 0. The fourth-order valence-electron chi connectivity index (χ4n) is 1.79. The molecule has 0 radical (unpaired) electrons. The molecule has 15 nitrogen and oxygen atoms in total. The zero-order chi connectivity index (χ0) is 24.4. The first kappa shape index (κ1) is 28.0. The Morgan fingerprint density at radius 2 is 1.58 bits per heavy atom. The van der Waals surface area contributed by atoms with Crippen LogP contribution >= 0.6 is 0 Å². The summed E-state index contributed by atoms with van der Waals surface area (Å²) in [6.45, 7) is 2.55. The summed E-state index contributed by atoms with van der Waals surface area (Å²) in [6, 6.07) is 5.25. The summed E-state index contributed by atoms with van der Waals surface area (Å²) in [5.74, 6) is 1.48. The Bertz CT molecular complexity index is 1090. The zero-order valence-corrected chi connectivity index (χ0v) is 17.8. The van der Waals surface area contributed by atoms with E-state index in [1.165, 1.54) is 0 Å². The predicted octanol–water partition coefficient (Wildman–Crippen LogP) is 0.0931. The van der Waals surface area contributed by atoms with Gasteiger partial charge in [-0.25, -0.2) is 4.98 Å². The highest BCUT2D eigenvalue weighted by atomic mass is 32.3. The summed E-state index contributed by atoms with van der Waals surface area (Å²) in [6.07, 6.45) is 0.860. The van der Waals surface area contributed by atoms with Crippen molar-refractivity contribution in [3.05, 3.63) is 28.6 Å². The van der Waals surface area contributed by atoms with E-state index in [0.29, 0.717) is 23.7 Å². The first-order valence-corrected chi connectivity index (χ1v) is 10.7. The van der Waals surface area contributed by atoms with Crippen LogP contribution in [0.3, 0.4) is 0 Å². The molecule has 2 aromatic rings. The molecule has 1 heterocycles. The predicted molar refractivity (Wildman–Crippen MR) is 110 cm³/mol. The van der Waals surface area contributed by atoms with E-state index in [9.17, 15) is 4.79 Å². The normalized spacial score (nSPS) is 10.8. The van der Waals surface area contributed by atoms with E-state index in [2.05, 4.69) is 9.97 Å². The summed E-state index contributed by atoms with van der Waals surface area (Å²) in [5, 5.41) is 0. The maximum atomic E-state index is 11.7. The van der Waals surface area contributed by atoms with Crippen molar-refractivity contribution in [3.8, 4) is 22.9 Å². The van der Waals surface area contributed by atoms with Crippen LogP contribution in [0.15, 0.2) is 23.0 Å². The fourth-order valence-corrected chi connectivity index (χ4v) is 1.79. The van der Waals surface area contributed by atoms with E-state index in [1.54, 1.807) is 25.3 Å². The van der Waals surface area contributed by atoms with Crippen LogP contribution < -0.4 is 26.5 Å². The Balaban J connectivity index is 0.000000752. The molecule has 0 bridgehead atoms. The number of aromatic nitrogens is 2. The number of nitrogens with two attached hydrogens (primary N) is 2. The monoisotopic (exact) mass is 486 g/mol. The van der Waals surface area contributed by atoms with Gasteiger partial charge in [0, 0.05) is 0 Å². The van der Waals surface area contributed by atoms with Crippen molar-refractivity contribution in [1.29, 1.82) is 0 Å². The van der Waals surface area contributed by atoms with Gasteiger partial charge in [-0.3, -0.25) is 23.0 Å². The number of methoxy groups -OCH3 is 1. The van der Waals surface area contributed by atoms with Gasteiger partial charge in [-0.1, -0.05) is 6.92 Å². The lowest BCUT2D eigenvalue weighted by atomic mass is 10.1. The largest absolute Gasteiger partial charge is 0.497 e. The summed E-state index contributed by atoms with van der Waals surface area (Å²) < 4.78 is 74.0. The molecule has 17 heteroatoms. The van der Waals surface area contributed by atoms with Gasteiger partial charge in [0.15, 0.2) is 5.82 Å². The van der Waals surface area contributed by atoms with Gasteiger partial charge in [0.1, 0.15) is 23.0 Å². The molecule has 0 unspecified atom stereocenters.